The number of hydrogen-bond donors (Lipinski definition) is 2. The fraction of sp³-hybridized carbons (Fsp3) is 0.100. The number of rotatable bonds is 2. The number of nitrogens with two attached hydrogens (primary N) is 1. The minimum atomic E-state index is -0.219. The predicted molar refractivity (Wildman–Crippen MR) is 63.5 cm³/mol. The molecule has 0 aliphatic rings. The van der Waals surface area contributed by atoms with Crippen molar-refractivity contribution in [3.05, 3.63) is 34.8 Å². The monoisotopic (exact) mass is 234 g/mol. The lowest BCUT2D eigenvalue weighted by atomic mass is 10.2. The molecule has 0 radical (unpaired) electrons. The van der Waals surface area contributed by atoms with Crippen LogP contribution < -0.4 is 11.1 Å². The average Bonchev–Trinajstić information content (AvgIpc) is 2.76. The molecule has 5 nitrogen and oxygen atoms in total. The van der Waals surface area contributed by atoms with Crippen molar-refractivity contribution < 1.29 is 4.79 Å². The topological polar surface area (TPSA) is 80.9 Å². The summed E-state index contributed by atoms with van der Waals surface area (Å²) in [7, 11) is 0. The number of nitrogens with one attached hydrogen (secondary N) is 1. The van der Waals surface area contributed by atoms with Crippen LogP contribution >= 0.6 is 11.5 Å². The van der Waals surface area contributed by atoms with E-state index in [1.807, 2.05) is 13.0 Å². The molecule has 0 aliphatic heterocycles. The van der Waals surface area contributed by atoms with Crippen molar-refractivity contribution in [2.24, 2.45) is 0 Å². The quantitative estimate of drug-likeness (QED) is 0.775. The van der Waals surface area contributed by atoms with Gasteiger partial charge in [-0.25, -0.2) is 0 Å². The second kappa shape index (κ2) is 4.28. The van der Waals surface area contributed by atoms with Crippen molar-refractivity contribution in [2.45, 2.75) is 6.92 Å². The van der Waals surface area contributed by atoms with Crippen LogP contribution in [0.25, 0.3) is 0 Å². The molecule has 0 spiro atoms. The lowest BCUT2D eigenvalue weighted by molar-refractivity contribution is 0.103. The average molecular weight is 234 g/mol. The molecule has 0 bridgehead atoms. The maximum Gasteiger partial charge on any atom is 0.269 e. The summed E-state index contributed by atoms with van der Waals surface area (Å²) in [4.78, 5) is 12.2. The van der Waals surface area contributed by atoms with Gasteiger partial charge in [0, 0.05) is 11.4 Å². The molecular formula is C10H10N4OS. The van der Waals surface area contributed by atoms with Gasteiger partial charge in [-0.05, 0) is 36.2 Å². The zero-order valence-corrected chi connectivity index (χ0v) is 9.41. The number of aryl methyl sites for hydroxylation is 1. The Balaban J connectivity index is 2.21. The number of carbonyl (C=O) groups is 1. The largest absolute Gasteiger partial charge is 0.399 e. The highest BCUT2D eigenvalue weighted by Gasteiger charge is 2.09. The van der Waals surface area contributed by atoms with Gasteiger partial charge in [0.15, 0.2) is 0 Å². The molecule has 2 aromatic rings. The molecule has 16 heavy (non-hydrogen) atoms. The van der Waals surface area contributed by atoms with Gasteiger partial charge in [0.1, 0.15) is 4.88 Å². The lowest BCUT2D eigenvalue weighted by Crippen LogP contribution is -2.11. The first-order valence-corrected chi connectivity index (χ1v) is 5.39. The standard InChI is InChI=1S/C10H10N4OS/c1-6-2-3-7(11)4-8(6)13-10(15)9-5-12-14-16-9/h2-5H,11H2,1H3,(H,13,15). The Morgan fingerprint density at radius 2 is 2.31 bits per heavy atom. The van der Waals surface area contributed by atoms with E-state index in [0.717, 1.165) is 17.1 Å². The fourth-order valence-electron chi connectivity index (χ4n) is 1.23. The van der Waals surface area contributed by atoms with Gasteiger partial charge in [-0.3, -0.25) is 4.79 Å². The normalized spacial score (nSPS) is 10.1. The molecule has 0 unspecified atom stereocenters. The van der Waals surface area contributed by atoms with Crippen molar-refractivity contribution >= 4 is 28.8 Å². The van der Waals surface area contributed by atoms with Crippen molar-refractivity contribution in [1.82, 2.24) is 9.59 Å². The fourth-order valence-corrected chi connectivity index (χ4v) is 1.64. The van der Waals surface area contributed by atoms with Gasteiger partial charge in [-0.15, -0.1) is 5.10 Å². The summed E-state index contributed by atoms with van der Waals surface area (Å²) in [6, 6.07) is 5.37. The molecule has 1 amide bonds. The van der Waals surface area contributed by atoms with Crippen LogP contribution in [0.15, 0.2) is 24.4 Å². The minimum Gasteiger partial charge on any atom is -0.399 e. The summed E-state index contributed by atoms with van der Waals surface area (Å²) in [5.41, 5.74) is 7.93. The minimum absolute atomic E-state index is 0.219. The molecule has 0 atom stereocenters. The molecule has 6 heteroatoms. The van der Waals surface area contributed by atoms with E-state index in [1.54, 1.807) is 12.1 Å². The molecule has 0 aliphatic carbocycles. The summed E-state index contributed by atoms with van der Waals surface area (Å²) in [6.45, 7) is 1.90. The Labute approximate surface area is 96.5 Å². The van der Waals surface area contributed by atoms with E-state index < -0.39 is 0 Å². The Morgan fingerprint density at radius 3 is 3.00 bits per heavy atom. The first kappa shape index (κ1) is 10.6. The summed E-state index contributed by atoms with van der Waals surface area (Å²) in [5, 5.41) is 6.37. The van der Waals surface area contributed by atoms with Gasteiger partial charge in [0.05, 0.1) is 6.20 Å². The van der Waals surface area contributed by atoms with Crippen LogP contribution in [0.3, 0.4) is 0 Å². The van der Waals surface area contributed by atoms with Crippen LogP contribution in [0.1, 0.15) is 15.2 Å². The molecule has 82 valence electrons. The molecular weight excluding hydrogens is 224 g/mol. The van der Waals surface area contributed by atoms with E-state index in [1.165, 1.54) is 6.20 Å². The highest BCUT2D eigenvalue weighted by atomic mass is 32.1. The number of hydrogen-bond acceptors (Lipinski definition) is 5. The van der Waals surface area contributed by atoms with Gasteiger partial charge < -0.3 is 11.1 Å². The predicted octanol–water partition coefficient (Wildman–Crippen LogP) is 1.68. The number of nitrogen functional groups attached to an aromatic ring is 1. The number of nitrogens with zero attached hydrogens (tertiary/aromatic N) is 2. The van der Waals surface area contributed by atoms with Crippen LogP contribution in [0, 0.1) is 6.92 Å². The smallest absolute Gasteiger partial charge is 0.269 e. The number of amides is 1. The third-order valence-electron chi connectivity index (χ3n) is 2.09. The molecule has 0 saturated carbocycles. The Kier molecular flexibility index (Phi) is 2.82. The van der Waals surface area contributed by atoms with Crippen molar-refractivity contribution in [1.29, 1.82) is 0 Å². The summed E-state index contributed by atoms with van der Waals surface area (Å²) in [5.74, 6) is -0.219. The van der Waals surface area contributed by atoms with E-state index in [-0.39, 0.29) is 5.91 Å². The van der Waals surface area contributed by atoms with Crippen LogP contribution in [-0.2, 0) is 0 Å². The van der Waals surface area contributed by atoms with Crippen molar-refractivity contribution in [3.8, 4) is 0 Å². The van der Waals surface area contributed by atoms with E-state index >= 15 is 0 Å². The SMILES string of the molecule is Cc1ccc(N)cc1NC(=O)c1cnns1. The van der Waals surface area contributed by atoms with Gasteiger partial charge in [0.2, 0.25) is 0 Å². The van der Waals surface area contributed by atoms with E-state index in [9.17, 15) is 4.79 Å². The van der Waals surface area contributed by atoms with E-state index in [2.05, 4.69) is 14.9 Å². The third-order valence-corrected chi connectivity index (χ3v) is 2.76. The molecule has 2 rings (SSSR count). The summed E-state index contributed by atoms with van der Waals surface area (Å²) >= 11 is 1.06. The first-order valence-electron chi connectivity index (χ1n) is 4.61. The number of benzene rings is 1. The Hall–Kier alpha value is -1.95. The molecule has 1 aromatic carbocycles. The van der Waals surface area contributed by atoms with E-state index in [4.69, 9.17) is 5.73 Å². The summed E-state index contributed by atoms with van der Waals surface area (Å²) in [6.07, 6.45) is 1.43. The zero-order valence-electron chi connectivity index (χ0n) is 8.60. The van der Waals surface area contributed by atoms with Crippen LogP contribution in [0.4, 0.5) is 11.4 Å². The number of aromatic nitrogens is 2. The Bertz CT molecular complexity index is 510. The highest BCUT2D eigenvalue weighted by molar-refractivity contribution is 7.07. The molecule has 0 saturated heterocycles. The summed E-state index contributed by atoms with van der Waals surface area (Å²) < 4.78 is 3.63. The molecule has 1 aromatic heterocycles. The maximum atomic E-state index is 11.7. The van der Waals surface area contributed by atoms with Crippen molar-refractivity contribution in [2.75, 3.05) is 11.1 Å². The number of carbonyl (C=O) groups excluding carboxylic acids is 1. The third kappa shape index (κ3) is 2.17. The van der Waals surface area contributed by atoms with Crippen molar-refractivity contribution in [3.63, 3.8) is 0 Å². The van der Waals surface area contributed by atoms with Gasteiger partial charge >= 0.3 is 0 Å². The zero-order chi connectivity index (χ0) is 11.5. The highest BCUT2D eigenvalue weighted by Crippen LogP contribution is 2.19. The molecule has 3 N–H and O–H groups in total. The molecule has 0 fully saturated rings. The van der Waals surface area contributed by atoms with Gasteiger partial charge in [-0.1, -0.05) is 10.6 Å². The van der Waals surface area contributed by atoms with Crippen LogP contribution in [0.5, 0.6) is 0 Å². The molecule has 1 heterocycles. The van der Waals surface area contributed by atoms with Gasteiger partial charge in [0.25, 0.3) is 5.91 Å². The van der Waals surface area contributed by atoms with E-state index in [0.29, 0.717) is 16.3 Å². The van der Waals surface area contributed by atoms with Crippen LogP contribution in [-0.4, -0.2) is 15.5 Å². The van der Waals surface area contributed by atoms with Gasteiger partial charge in [-0.2, -0.15) is 0 Å². The second-order valence-electron chi connectivity index (χ2n) is 3.31. The van der Waals surface area contributed by atoms with Crippen LogP contribution in [0.2, 0.25) is 0 Å². The second-order valence-corrected chi connectivity index (χ2v) is 4.10. The lowest BCUT2D eigenvalue weighted by Gasteiger charge is -2.07. The first-order chi connectivity index (χ1) is 7.66. The number of anilines is 2. The Morgan fingerprint density at radius 1 is 1.50 bits per heavy atom. The maximum absolute atomic E-state index is 11.7.